The van der Waals surface area contributed by atoms with Crippen LogP contribution in [0, 0.1) is 0 Å². The van der Waals surface area contributed by atoms with Gasteiger partial charge in [-0.1, -0.05) is 23.3 Å². The van der Waals surface area contributed by atoms with E-state index >= 15 is 0 Å². The molecule has 1 aromatic heterocycles. The van der Waals surface area contributed by atoms with Gasteiger partial charge in [0.1, 0.15) is 18.4 Å². The van der Waals surface area contributed by atoms with Gasteiger partial charge in [-0.3, -0.25) is 14.2 Å². The highest BCUT2D eigenvalue weighted by atomic mass is 16.7. The molecule has 2 amide bonds. The maximum atomic E-state index is 12.2. The van der Waals surface area contributed by atoms with E-state index in [9.17, 15) is 14.4 Å². The van der Waals surface area contributed by atoms with Crippen LogP contribution in [-0.4, -0.2) is 44.2 Å². The molecule has 0 N–H and O–H groups in total. The molecule has 27 heavy (non-hydrogen) atoms. The zero-order chi connectivity index (χ0) is 18.8. The molecule has 1 aliphatic heterocycles. The van der Waals surface area contributed by atoms with Crippen molar-refractivity contribution < 1.29 is 24.0 Å². The van der Waals surface area contributed by atoms with Crippen molar-refractivity contribution in [2.45, 2.75) is 0 Å². The molecule has 0 aliphatic carbocycles. The minimum Gasteiger partial charge on any atom is -0.482 e. The number of carbonyl (C=O) groups is 3. The van der Waals surface area contributed by atoms with E-state index in [1.165, 1.54) is 24.8 Å². The topological polar surface area (TPSA) is 104 Å². The molecule has 9 nitrogen and oxygen atoms in total. The summed E-state index contributed by atoms with van der Waals surface area (Å²) >= 11 is 0. The monoisotopic (exact) mass is 364 g/mol. The Balaban J connectivity index is 1.39. The predicted molar refractivity (Wildman–Crippen MR) is 89.9 cm³/mol. The second kappa shape index (κ2) is 6.71. The third-order valence-corrected chi connectivity index (χ3v) is 3.84. The Morgan fingerprint density at radius 3 is 2.26 bits per heavy atom. The number of aromatic nitrogens is 3. The van der Waals surface area contributed by atoms with Crippen LogP contribution in [0.3, 0.4) is 0 Å². The maximum Gasteiger partial charge on any atom is 0.370 e. The molecular formula is C18H12N4O5. The summed E-state index contributed by atoms with van der Waals surface area (Å²) in [5, 5.41) is 7.89. The summed E-state index contributed by atoms with van der Waals surface area (Å²) in [6.07, 6.45) is 3.05. The van der Waals surface area contributed by atoms with E-state index in [-0.39, 0.29) is 11.1 Å². The van der Waals surface area contributed by atoms with Crippen LogP contribution in [0.15, 0.2) is 61.2 Å². The van der Waals surface area contributed by atoms with Crippen molar-refractivity contribution in [1.82, 2.24) is 19.8 Å². The largest absolute Gasteiger partial charge is 0.482 e. The average Bonchev–Trinajstić information content (AvgIpc) is 3.31. The van der Waals surface area contributed by atoms with Crippen LogP contribution >= 0.6 is 0 Å². The number of nitrogens with zero attached hydrogens (tertiary/aromatic N) is 4. The lowest BCUT2D eigenvalue weighted by Crippen LogP contribution is -2.34. The first-order valence-corrected chi connectivity index (χ1v) is 7.90. The number of hydrogen-bond donors (Lipinski definition) is 0. The van der Waals surface area contributed by atoms with E-state index in [2.05, 4.69) is 10.2 Å². The molecule has 0 fully saturated rings. The summed E-state index contributed by atoms with van der Waals surface area (Å²) in [6.45, 7) is -0.473. The first-order chi connectivity index (χ1) is 13.1. The van der Waals surface area contributed by atoms with Gasteiger partial charge in [-0.15, -0.1) is 10.2 Å². The Morgan fingerprint density at radius 1 is 0.926 bits per heavy atom. The molecule has 0 saturated carbocycles. The van der Waals surface area contributed by atoms with E-state index in [4.69, 9.17) is 9.57 Å². The van der Waals surface area contributed by atoms with Gasteiger partial charge in [0.05, 0.1) is 16.8 Å². The molecule has 0 radical (unpaired) electrons. The fourth-order valence-electron chi connectivity index (χ4n) is 2.59. The molecule has 2 aromatic carbocycles. The number of benzene rings is 2. The maximum absolute atomic E-state index is 12.2. The number of fused-ring (bicyclic) bond motifs is 1. The molecule has 0 spiro atoms. The van der Waals surface area contributed by atoms with E-state index in [0.717, 1.165) is 5.69 Å². The van der Waals surface area contributed by atoms with Crippen molar-refractivity contribution in [3.8, 4) is 11.4 Å². The van der Waals surface area contributed by atoms with E-state index < -0.39 is 24.4 Å². The highest BCUT2D eigenvalue weighted by Crippen LogP contribution is 2.23. The second-order valence-corrected chi connectivity index (χ2v) is 5.57. The lowest BCUT2D eigenvalue weighted by Gasteiger charge is -2.13. The highest BCUT2D eigenvalue weighted by molar-refractivity contribution is 6.20. The molecule has 2 heterocycles. The number of rotatable bonds is 5. The van der Waals surface area contributed by atoms with Gasteiger partial charge < -0.3 is 9.57 Å². The van der Waals surface area contributed by atoms with Crippen molar-refractivity contribution in [2.75, 3.05) is 6.61 Å². The number of amides is 2. The average molecular weight is 364 g/mol. The van der Waals surface area contributed by atoms with Crippen molar-refractivity contribution in [2.24, 2.45) is 0 Å². The normalized spacial score (nSPS) is 12.8. The van der Waals surface area contributed by atoms with E-state index in [0.29, 0.717) is 10.8 Å². The summed E-state index contributed by atoms with van der Waals surface area (Å²) in [6, 6.07) is 13.1. The van der Waals surface area contributed by atoms with E-state index in [1.54, 1.807) is 34.9 Å². The fraction of sp³-hybridized carbons (Fsp3) is 0.0556. The summed E-state index contributed by atoms with van der Waals surface area (Å²) in [5.41, 5.74) is 1.13. The summed E-state index contributed by atoms with van der Waals surface area (Å²) in [7, 11) is 0. The predicted octanol–water partition coefficient (Wildman–Crippen LogP) is 1.40. The molecular weight excluding hydrogens is 352 g/mol. The number of carbonyl (C=O) groups excluding carboxylic acids is 3. The lowest BCUT2D eigenvalue weighted by molar-refractivity contribution is -0.170. The van der Waals surface area contributed by atoms with Crippen LogP contribution in [0.25, 0.3) is 5.69 Å². The van der Waals surface area contributed by atoms with Crippen LogP contribution in [0.5, 0.6) is 5.75 Å². The Kier molecular flexibility index (Phi) is 4.09. The van der Waals surface area contributed by atoms with Crippen molar-refractivity contribution in [3.05, 3.63) is 72.3 Å². The van der Waals surface area contributed by atoms with Gasteiger partial charge in [0, 0.05) is 6.07 Å². The number of imide groups is 1. The fourth-order valence-corrected chi connectivity index (χ4v) is 2.59. The highest BCUT2D eigenvalue weighted by Gasteiger charge is 2.38. The van der Waals surface area contributed by atoms with Crippen molar-refractivity contribution in [1.29, 1.82) is 0 Å². The Morgan fingerprint density at radius 2 is 1.59 bits per heavy atom. The third-order valence-electron chi connectivity index (χ3n) is 3.84. The second-order valence-electron chi connectivity index (χ2n) is 5.57. The Bertz CT molecular complexity index is 997. The SMILES string of the molecule is O=C(COc1cccc(-n2cnnc2)c1)ON1C(=O)c2ccccc2C1=O. The quantitative estimate of drug-likeness (QED) is 0.630. The molecule has 1 aliphatic rings. The van der Waals surface area contributed by atoms with Crippen LogP contribution < -0.4 is 4.74 Å². The summed E-state index contributed by atoms with van der Waals surface area (Å²) < 4.78 is 7.06. The molecule has 0 unspecified atom stereocenters. The van der Waals surface area contributed by atoms with Crippen LogP contribution in [0.4, 0.5) is 0 Å². The number of hydroxylamine groups is 2. The third kappa shape index (κ3) is 3.13. The minimum atomic E-state index is -0.876. The smallest absolute Gasteiger partial charge is 0.370 e. The van der Waals surface area contributed by atoms with Gasteiger partial charge in [-0.2, -0.15) is 0 Å². The van der Waals surface area contributed by atoms with Gasteiger partial charge in [0.2, 0.25) is 0 Å². The van der Waals surface area contributed by atoms with Crippen LogP contribution in [-0.2, 0) is 9.63 Å². The molecule has 4 rings (SSSR count). The van der Waals surface area contributed by atoms with Crippen LogP contribution in [0.1, 0.15) is 20.7 Å². The molecule has 134 valence electrons. The van der Waals surface area contributed by atoms with Gasteiger partial charge in [0.15, 0.2) is 6.61 Å². The standard InChI is InChI=1S/C18H12N4O5/c23-16(27-22-17(24)14-6-1-2-7-15(14)18(22)25)9-26-13-5-3-4-12(8-13)21-10-19-20-11-21/h1-8,10-11H,9H2. The summed E-state index contributed by atoms with van der Waals surface area (Å²) in [5.74, 6) is -1.84. The van der Waals surface area contributed by atoms with Gasteiger partial charge in [0.25, 0.3) is 11.8 Å². The van der Waals surface area contributed by atoms with Gasteiger partial charge in [-0.05, 0) is 24.3 Å². The zero-order valence-corrected chi connectivity index (χ0v) is 13.8. The molecule has 9 heteroatoms. The molecule has 0 atom stereocenters. The zero-order valence-electron chi connectivity index (χ0n) is 13.8. The van der Waals surface area contributed by atoms with Gasteiger partial charge in [-0.25, -0.2) is 4.79 Å². The first-order valence-electron chi connectivity index (χ1n) is 7.90. The minimum absolute atomic E-state index is 0.192. The number of ether oxygens (including phenoxy) is 1. The van der Waals surface area contributed by atoms with E-state index in [1.807, 2.05) is 6.07 Å². The summed E-state index contributed by atoms with van der Waals surface area (Å²) in [4.78, 5) is 41.2. The van der Waals surface area contributed by atoms with Crippen molar-refractivity contribution >= 4 is 17.8 Å². The van der Waals surface area contributed by atoms with Crippen LogP contribution in [0.2, 0.25) is 0 Å². The van der Waals surface area contributed by atoms with Gasteiger partial charge >= 0.3 is 5.97 Å². The Labute approximate surface area is 152 Å². The number of hydrogen-bond acceptors (Lipinski definition) is 7. The molecule has 0 saturated heterocycles. The molecule has 3 aromatic rings. The molecule has 0 bridgehead atoms. The Hall–Kier alpha value is -4.01. The lowest BCUT2D eigenvalue weighted by atomic mass is 10.1. The first kappa shape index (κ1) is 16.5. The van der Waals surface area contributed by atoms with Crippen molar-refractivity contribution in [3.63, 3.8) is 0 Å².